The lowest BCUT2D eigenvalue weighted by Gasteiger charge is -2.09. The number of benzene rings is 1. The Labute approximate surface area is 172 Å². The van der Waals surface area contributed by atoms with Gasteiger partial charge in [-0.2, -0.15) is 0 Å². The third kappa shape index (κ3) is 4.46. The first-order valence-corrected chi connectivity index (χ1v) is 9.19. The molecule has 0 aliphatic rings. The molecule has 30 heavy (non-hydrogen) atoms. The van der Waals surface area contributed by atoms with Crippen LogP contribution in [-0.4, -0.2) is 44.5 Å². The van der Waals surface area contributed by atoms with Gasteiger partial charge in [0.05, 0.1) is 12.7 Å². The van der Waals surface area contributed by atoms with Gasteiger partial charge in [0.15, 0.2) is 11.5 Å². The van der Waals surface area contributed by atoms with E-state index in [1.54, 1.807) is 24.5 Å². The van der Waals surface area contributed by atoms with Crippen molar-refractivity contribution in [1.82, 2.24) is 24.9 Å². The largest absolute Gasteiger partial charge is 0.465 e. The molecule has 1 aromatic carbocycles. The molecule has 0 saturated heterocycles. The first-order valence-electron chi connectivity index (χ1n) is 9.19. The second-order valence-corrected chi connectivity index (χ2v) is 6.25. The van der Waals surface area contributed by atoms with Crippen molar-refractivity contribution in [2.75, 3.05) is 19.0 Å². The number of esters is 1. The first kappa shape index (κ1) is 19.2. The van der Waals surface area contributed by atoms with Crippen molar-refractivity contribution in [3.63, 3.8) is 0 Å². The highest BCUT2D eigenvalue weighted by molar-refractivity contribution is 5.89. The van der Waals surface area contributed by atoms with Crippen molar-refractivity contribution >= 4 is 23.0 Å². The molecule has 0 aliphatic carbocycles. The van der Waals surface area contributed by atoms with E-state index in [1.807, 2.05) is 24.3 Å². The molecule has 0 amide bonds. The minimum Gasteiger partial charge on any atom is -0.465 e. The van der Waals surface area contributed by atoms with Gasteiger partial charge >= 0.3 is 5.97 Å². The molecule has 0 bridgehead atoms. The van der Waals surface area contributed by atoms with Gasteiger partial charge in [-0.3, -0.25) is 0 Å². The van der Waals surface area contributed by atoms with E-state index in [0.717, 1.165) is 12.0 Å². The van der Waals surface area contributed by atoms with Crippen LogP contribution < -0.4 is 10.1 Å². The summed E-state index contributed by atoms with van der Waals surface area (Å²) in [5.41, 5.74) is 2.70. The van der Waals surface area contributed by atoms with Crippen LogP contribution in [0.3, 0.4) is 0 Å². The highest BCUT2D eigenvalue weighted by atomic mass is 16.5. The molecule has 0 unspecified atom stereocenters. The average Bonchev–Trinajstić information content (AvgIpc) is 2.80. The van der Waals surface area contributed by atoms with E-state index in [2.05, 4.69) is 30.2 Å². The molecule has 1 N–H and O–H groups in total. The van der Waals surface area contributed by atoms with Crippen molar-refractivity contribution < 1.29 is 14.3 Å². The molecule has 0 spiro atoms. The summed E-state index contributed by atoms with van der Waals surface area (Å²) < 4.78 is 10.4. The normalized spacial score (nSPS) is 10.6. The molecular weight excluding hydrogens is 384 g/mol. The number of nitrogens with one attached hydrogen (secondary N) is 1. The number of rotatable bonds is 7. The minimum absolute atomic E-state index is 0.323. The Balaban J connectivity index is 1.35. The standard InChI is InChI=1S/C21H18N6O3/c1-29-21(28)15-7-9-22-17(12-15)30-16-4-2-14(3-5-16)6-8-24-19-18-20(27-13-26-19)25-11-10-23-18/h2-5,7,9-13H,6,8H2,1H3,(H,24,25,26,27). The molecule has 3 aromatic heterocycles. The van der Waals surface area contributed by atoms with Crippen LogP contribution in [-0.2, 0) is 11.2 Å². The van der Waals surface area contributed by atoms with E-state index in [4.69, 9.17) is 9.47 Å². The van der Waals surface area contributed by atoms with Gasteiger partial charge in [0.1, 0.15) is 17.6 Å². The van der Waals surface area contributed by atoms with Crippen LogP contribution in [0.4, 0.5) is 5.82 Å². The molecule has 0 aliphatic heterocycles. The number of anilines is 1. The second-order valence-electron chi connectivity index (χ2n) is 6.25. The highest BCUT2D eigenvalue weighted by Crippen LogP contribution is 2.21. The third-order valence-corrected chi connectivity index (χ3v) is 4.28. The number of methoxy groups -OCH3 is 1. The Morgan fingerprint density at radius 2 is 1.80 bits per heavy atom. The van der Waals surface area contributed by atoms with Gasteiger partial charge in [-0.15, -0.1) is 0 Å². The van der Waals surface area contributed by atoms with Gasteiger partial charge in [0, 0.05) is 31.2 Å². The summed E-state index contributed by atoms with van der Waals surface area (Å²) in [4.78, 5) is 32.5. The predicted molar refractivity (Wildman–Crippen MR) is 109 cm³/mol. The number of nitrogens with zero attached hydrogens (tertiary/aromatic N) is 5. The molecule has 9 nitrogen and oxygen atoms in total. The fourth-order valence-corrected chi connectivity index (χ4v) is 2.80. The molecular formula is C21H18N6O3. The predicted octanol–water partition coefficient (Wildman–Crippen LogP) is 3.05. The van der Waals surface area contributed by atoms with E-state index in [9.17, 15) is 4.79 Å². The number of ether oxygens (including phenoxy) is 2. The Morgan fingerprint density at radius 1 is 0.967 bits per heavy atom. The van der Waals surface area contributed by atoms with Crippen molar-refractivity contribution in [3.8, 4) is 11.6 Å². The van der Waals surface area contributed by atoms with Crippen molar-refractivity contribution in [2.24, 2.45) is 0 Å². The lowest BCUT2D eigenvalue weighted by molar-refractivity contribution is 0.0600. The molecule has 9 heteroatoms. The van der Waals surface area contributed by atoms with E-state index < -0.39 is 5.97 Å². The van der Waals surface area contributed by atoms with Crippen LogP contribution in [0.15, 0.2) is 61.3 Å². The number of aromatic nitrogens is 5. The smallest absolute Gasteiger partial charge is 0.338 e. The Morgan fingerprint density at radius 3 is 2.63 bits per heavy atom. The maximum Gasteiger partial charge on any atom is 0.338 e. The van der Waals surface area contributed by atoms with Gasteiger partial charge in [-0.05, 0) is 30.2 Å². The van der Waals surface area contributed by atoms with Crippen molar-refractivity contribution in [1.29, 1.82) is 0 Å². The van der Waals surface area contributed by atoms with E-state index in [0.29, 0.717) is 40.7 Å². The first-order chi connectivity index (χ1) is 14.7. The molecule has 3 heterocycles. The van der Waals surface area contributed by atoms with Crippen LogP contribution >= 0.6 is 0 Å². The van der Waals surface area contributed by atoms with Crippen LogP contribution in [0, 0.1) is 0 Å². The molecule has 0 atom stereocenters. The number of hydrogen-bond acceptors (Lipinski definition) is 9. The molecule has 150 valence electrons. The molecule has 0 radical (unpaired) electrons. The number of pyridine rings is 1. The number of carbonyl (C=O) groups excluding carboxylic acids is 1. The summed E-state index contributed by atoms with van der Waals surface area (Å²) in [6.07, 6.45) is 6.97. The summed E-state index contributed by atoms with van der Waals surface area (Å²) in [6.45, 7) is 0.672. The third-order valence-electron chi connectivity index (χ3n) is 4.28. The summed E-state index contributed by atoms with van der Waals surface area (Å²) in [6, 6.07) is 10.8. The van der Waals surface area contributed by atoms with E-state index >= 15 is 0 Å². The summed E-state index contributed by atoms with van der Waals surface area (Å²) in [7, 11) is 1.33. The van der Waals surface area contributed by atoms with Crippen LogP contribution in [0.1, 0.15) is 15.9 Å². The van der Waals surface area contributed by atoms with Crippen LogP contribution in [0.25, 0.3) is 11.2 Å². The average molecular weight is 402 g/mol. The van der Waals surface area contributed by atoms with E-state index in [1.165, 1.54) is 19.6 Å². The highest BCUT2D eigenvalue weighted by Gasteiger charge is 2.08. The minimum atomic E-state index is -0.437. The SMILES string of the molecule is COC(=O)c1ccnc(Oc2ccc(CCNc3ncnc4nccnc34)cc2)c1. The van der Waals surface area contributed by atoms with Gasteiger partial charge < -0.3 is 14.8 Å². The monoisotopic (exact) mass is 402 g/mol. The zero-order chi connectivity index (χ0) is 20.8. The topological polar surface area (TPSA) is 112 Å². The zero-order valence-electron chi connectivity index (χ0n) is 16.1. The fraction of sp³-hybridized carbons (Fsp3) is 0.143. The van der Waals surface area contributed by atoms with Gasteiger partial charge in [-0.25, -0.2) is 29.7 Å². The Bertz CT molecular complexity index is 1160. The molecule has 4 rings (SSSR count). The second kappa shape index (κ2) is 8.91. The van der Waals surface area contributed by atoms with Gasteiger partial charge in [-0.1, -0.05) is 12.1 Å². The van der Waals surface area contributed by atoms with Crippen LogP contribution in [0.2, 0.25) is 0 Å². The number of fused-ring (bicyclic) bond motifs is 1. The molecule has 0 saturated carbocycles. The Hall–Kier alpha value is -4.14. The molecule has 0 fully saturated rings. The summed E-state index contributed by atoms with van der Waals surface area (Å²) >= 11 is 0. The van der Waals surface area contributed by atoms with Crippen molar-refractivity contribution in [3.05, 3.63) is 72.4 Å². The fourth-order valence-electron chi connectivity index (χ4n) is 2.80. The Kier molecular flexibility index (Phi) is 5.70. The molecule has 4 aromatic rings. The van der Waals surface area contributed by atoms with E-state index in [-0.39, 0.29) is 0 Å². The summed E-state index contributed by atoms with van der Waals surface area (Å²) in [5, 5.41) is 3.27. The lowest BCUT2D eigenvalue weighted by Crippen LogP contribution is -2.08. The maximum atomic E-state index is 11.6. The van der Waals surface area contributed by atoms with Crippen molar-refractivity contribution in [2.45, 2.75) is 6.42 Å². The number of hydrogen-bond donors (Lipinski definition) is 1. The van der Waals surface area contributed by atoms with Crippen LogP contribution in [0.5, 0.6) is 11.6 Å². The zero-order valence-corrected chi connectivity index (χ0v) is 16.1. The maximum absolute atomic E-state index is 11.6. The number of carbonyl (C=O) groups is 1. The summed E-state index contributed by atoms with van der Waals surface area (Å²) in [5.74, 6) is 1.17. The van der Waals surface area contributed by atoms with Gasteiger partial charge in [0.25, 0.3) is 0 Å². The quantitative estimate of drug-likeness (QED) is 0.466. The van der Waals surface area contributed by atoms with Gasteiger partial charge in [0.2, 0.25) is 5.88 Å². The lowest BCUT2D eigenvalue weighted by atomic mass is 10.1.